The molecule has 0 aliphatic carbocycles. The molecular weight excluding hydrogens is 350 g/mol. The van der Waals surface area contributed by atoms with Crippen LogP contribution in [0.15, 0.2) is 18.2 Å². The summed E-state index contributed by atoms with van der Waals surface area (Å²) in [5.74, 6) is -0.934. The SMILES string of the molecule is CC(C)(CCc1cccc2c1CN(C1CCC(=O)NC1=O)C2=O)OC(N)=O. The first-order chi connectivity index (χ1) is 12.7. The van der Waals surface area contributed by atoms with Crippen molar-refractivity contribution >= 4 is 23.8 Å². The molecule has 0 saturated carbocycles. The average molecular weight is 373 g/mol. The molecule has 1 fully saturated rings. The van der Waals surface area contributed by atoms with E-state index in [1.807, 2.05) is 12.1 Å². The minimum atomic E-state index is -0.822. The summed E-state index contributed by atoms with van der Waals surface area (Å²) in [7, 11) is 0. The molecule has 1 aromatic rings. The number of benzene rings is 1. The highest BCUT2D eigenvalue weighted by molar-refractivity contribution is 6.05. The molecule has 0 bridgehead atoms. The molecule has 1 atom stereocenters. The number of amides is 4. The topological polar surface area (TPSA) is 119 Å². The molecular formula is C19H23N3O5. The molecule has 1 aromatic carbocycles. The van der Waals surface area contributed by atoms with E-state index in [4.69, 9.17) is 10.5 Å². The third-order valence-corrected chi connectivity index (χ3v) is 5.05. The average Bonchev–Trinajstić information content (AvgIpc) is 2.89. The Hall–Kier alpha value is -2.90. The van der Waals surface area contributed by atoms with Gasteiger partial charge in [0, 0.05) is 18.5 Å². The number of nitrogens with one attached hydrogen (secondary N) is 1. The van der Waals surface area contributed by atoms with E-state index in [1.165, 1.54) is 4.90 Å². The second-order valence-corrected chi connectivity index (χ2v) is 7.52. The van der Waals surface area contributed by atoms with E-state index in [0.29, 0.717) is 31.4 Å². The number of carbonyl (C=O) groups is 4. The Morgan fingerprint density at radius 1 is 1.33 bits per heavy atom. The van der Waals surface area contributed by atoms with E-state index in [9.17, 15) is 19.2 Å². The van der Waals surface area contributed by atoms with E-state index in [-0.39, 0.29) is 18.2 Å². The highest BCUT2D eigenvalue weighted by Gasteiger charge is 2.39. The predicted molar refractivity (Wildman–Crippen MR) is 95.6 cm³/mol. The molecule has 4 amide bonds. The van der Waals surface area contributed by atoms with Crippen LogP contribution in [0.25, 0.3) is 0 Å². The van der Waals surface area contributed by atoms with Crippen LogP contribution in [0.3, 0.4) is 0 Å². The van der Waals surface area contributed by atoms with E-state index in [0.717, 1.165) is 11.1 Å². The predicted octanol–water partition coefficient (Wildman–Crippen LogP) is 1.25. The molecule has 2 heterocycles. The quantitative estimate of drug-likeness (QED) is 0.753. The summed E-state index contributed by atoms with van der Waals surface area (Å²) in [4.78, 5) is 48.9. The van der Waals surface area contributed by atoms with Gasteiger partial charge in [-0.05, 0) is 50.3 Å². The van der Waals surface area contributed by atoms with Gasteiger partial charge in [0.25, 0.3) is 5.91 Å². The van der Waals surface area contributed by atoms with E-state index in [1.54, 1.807) is 19.9 Å². The lowest BCUT2D eigenvalue weighted by Crippen LogP contribution is -2.52. The smallest absolute Gasteiger partial charge is 0.405 e. The van der Waals surface area contributed by atoms with Gasteiger partial charge in [0.05, 0.1) is 0 Å². The second kappa shape index (κ2) is 7.02. The number of nitrogens with two attached hydrogens (primary N) is 1. The summed E-state index contributed by atoms with van der Waals surface area (Å²) in [6, 6.07) is 4.85. The molecule has 3 rings (SSSR count). The van der Waals surface area contributed by atoms with Crippen molar-refractivity contribution in [2.75, 3.05) is 0 Å². The van der Waals surface area contributed by atoms with Crippen LogP contribution in [0.4, 0.5) is 4.79 Å². The van der Waals surface area contributed by atoms with Crippen molar-refractivity contribution in [1.82, 2.24) is 10.2 Å². The van der Waals surface area contributed by atoms with Crippen molar-refractivity contribution in [2.45, 2.75) is 57.7 Å². The van der Waals surface area contributed by atoms with Crippen LogP contribution in [0.5, 0.6) is 0 Å². The number of aryl methyl sites for hydroxylation is 1. The fourth-order valence-electron chi connectivity index (χ4n) is 3.64. The van der Waals surface area contributed by atoms with Crippen molar-refractivity contribution < 1.29 is 23.9 Å². The summed E-state index contributed by atoms with van der Waals surface area (Å²) in [6.45, 7) is 3.89. The Bertz CT molecular complexity index is 818. The lowest BCUT2D eigenvalue weighted by Gasteiger charge is -2.29. The fourth-order valence-corrected chi connectivity index (χ4v) is 3.64. The molecule has 1 unspecified atom stereocenters. The first kappa shape index (κ1) is 18.9. The number of hydrogen-bond donors (Lipinski definition) is 2. The Labute approximate surface area is 157 Å². The van der Waals surface area contributed by atoms with Gasteiger partial charge in [-0.15, -0.1) is 0 Å². The van der Waals surface area contributed by atoms with Crippen LogP contribution in [0.2, 0.25) is 0 Å². The fraction of sp³-hybridized carbons (Fsp3) is 0.474. The molecule has 8 heteroatoms. The van der Waals surface area contributed by atoms with Gasteiger partial charge in [0.15, 0.2) is 0 Å². The lowest BCUT2D eigenvalue weighted by molar-refractivity contribution is -0.136. The van der Waals surface area contributed by atoms with Crippen molar-refractivity contribution in [3.63, 3.8) is 0 Å². The molecule has 0 aromatic heterocycles. The molecule has 3 N–H and O–H groups in total. The van der Waals surface area contributed by atoms with Gasteiger partial charge in [-0.2, -0.15) is 0 Å². The number of ether oxygens (including phenoxy) is 1. The minimum absolute atomic E-state index is 0.200. The van der Waals surface area contributed by atoms with Crippen LogP contribution in [0, 0.1) is 0 Å². The van der Waals surface area contributed by atoms with Crippen LogP contribution in [-0.2, 0) is 27.3 Å². The van der Waals surface area contributed by atoms with Crippen LogP contribution in [-0.4, -0.2) is 40.4 Å². The number of primary amides is 1. The van der Waals surface area contributed by atoms with Gasteiger partial charge in [0.2, 0.25) is 11.8 Å². The highest BCUT2D eigenvalue weighted by Crippen LogP contribution is 2.31. The van der Waals surface area contributed by atoms with Crippen molar-refractivity contribution in [3.8, 4) is 0 Å². The van der Waals surface area contributed by atoms with E-state index < -0.39 is 23.6 Å². The Morgan fingerprint density at radius 2 is 2.07 bits per heavy atom. The summed E-state index contributed by atoms with van der Waals surface area (Å²) in [5.41, 5.74) is 6.80. The van der Waals surface area contributed by atoms with Gasteiger partial charge in [-0.25, -0.2) is 4.79 Å². The number of rotatable bonds is 5. The highest BCUT2D eigenvalue weighted by atomic mass is 16.6. The normalized spacial score (nSPS) is 19.7. The van der Waals surface area contributed by atoms with Gasteiger partial charge in [-0.1, -0.05) is 12.1 Å². The monoisotopic (exact) mass is 373 g/mol. The van der Waals surface area contributed by atoms with Crippen LogP contribution in [0.1, 0.15) is 54.6 Å². The van der Waals surface area contributed by atoms with Crippen LogP contribution < -0.4 is 11.1 Å². The van der Waals surface area contributed by atoms with Crippen molar-refractivity contribution in [2.24, 2.45) is 5.73 Å². The Balaban J connectivity index is 1.77. The molecule has 2 aliphatic rings. The zero-order valence-electron chi connectivity index (χ0n) is 15.4. The molecule has 0 radical (unpaired) electrons. The molecule has 1 saturated heterocycles. The first-order valence-electron chi connectivity index (χ1n) is 8.92. The largest absolute Gasteiger partial charge is 0.444 e. The number of imide groups is 1. The van der Waals surface area contributed by atoms with Gasteiger partial charge >= 0.3 is 6.09 Å². The number of fused-ring (bicyclic) bond motifs is 1. The molecule has 8 nitrogen and oxygen atoms in total. The zero-order chi connectivity index (χ0) is 19.8. The Morgan fingerprint density at radius 3 is 2.74 bits per heavy atom. The molecule has 144 valence electrons. The van der Waals surface area contributed by atoms with E-state index in [2.05, 4.69) is 5.32 Å². The molecule has 27 heavy (non-hydrogen) atoms. The maximum Gasteiger partial charge on any atom is 0.405 e. The van der Waals surface area contributed by atoms with Gasteiger partial charge in [-0.3, -0.25) is 19.7 Å². The maximum atomic E-state index is 12.8. The number of piperidine rings is 1. The lowest BCUT2D eigenvalue weighted by atomic mass is 9.94. The van der Waals surface area contributed by atoms with Gasteiger partial charge in [0.1, 0.15) is 11.6 Å². The Kier molecular flexibility index (Phi) is 4.91. The van der Waals surface area contributed by atoms with Crippen molar-refractivity contribution in [3.05, 3.63) is 34.9 Å². The summed E-state index contributed by atoms with van der Waals surface area (Å²) in [5, 5.41) is 2.30. The minimum Gasteiger partial charge on any atom is -0.444 e. The first-order valence-corrected chi connectivity index (χ1v) is 8.92. The third kappa shape index (κ3) is 3.94. The van der Waals surface area contributed by atoms with Crippen molar-refractivity contribution in [1.29, 1.82) is 0 Å². The number of carbonyl (C=O) groups excluding carboxylic acids is 4. The standard InChI is InChI=1S/C19H23N3O5/c1-19(2,27-18(20)26)9-8-11-4-3-5-12-13(11)10-22(17(12)25)14-6-7-15(23)21-16(14)24/h3-5,14H,6-10H2,1-2H3,(H2,20,26)(H,21,23,24). The maximum absolute atomic E-state index is 12.8. The summed E-state index contributed by atoms with van der Waals surface area (Å²) < 4.78 is 5.12. The number of nitrogens with zero attached hydrogens (tertiary/aromatic N) is 1. The van der Waals surface area contributed by atoms with Gasteiger partial charge < -0.3 is 15.4 Å². The number of hydrogen-bond acceptors (Lipinski definition) is 5. The zero-order valence-corrected chi connectivity index (χ0v) is 15.4. The summed E-state index contributed by atoms with van der Waals surface area (Å²) >= 11 is 0. The third-order valence-electron chi connectivity index (χ3n) is 5.05. The second-order valence-electron chi connectivity index (χ2n) is 7.52. The van der Waals surface area contributed by atoms with E-state index >= 15 is 0 Å². The molecule has 2 aliphatic heterocycles. The summed E-state index contributed by atoms with van der Waals surface area (Å²) in [6.07, 6.45) is 0.873. The van der Waals surface area contributed by atoms with Crippen LogP contribution >= 0.6 is 0 Å². The molecule has 0 spiro atoms.